The summed E-state index contributed by atoms with van der Waals surface area (Å²) in [6, 6.07) is 2.65. The van der Waals surface area contributed by atoms with E-state index in [1.54, 1.807) is 0 Å². The summed E-state index contributed by atoms with van der Waals surface area (Å²) in [5.41, 5.74) is 1.23. The number of hydrogen-bond donors (Lipinski definition) is 1. The molecular weight excluding hydrogens is 238 g/mol. The molecule has 0 aromatic carbocycles. The summed E-state index contributed by atoms with van der Waals surface area (Å²) >= 11 is 0. The van der Waals surface area contributed by atoms with Crippen LogP contribution in [0.3, 0.4) is 0 Å². The molecule has 2 rings (SSSR count). The first-order valence-electron chi connectivity index (χ1n) is 7.53. The van der Waals surface area contributed by atoms with Crippen molar-refractivity contribution >= 4 is 0 Å². The number of hydrogen-bond acceptors (Lipinski definition) is 3. The van der Waals surface area contributed by atoms with E-state index < -0.39 is 0 Å². The van der Waals surface area contributed by atoms with E-state index in [4.69, 9.17) is 4.74 Å². The lowest BCUT2D eigenvalue weighted by Crippen LogP contribution is -2.48. The lowest BCUT2D eigenvalue weighted by atomic mass is 9.95. The van der Waals surface area contributed by atoms with Crippen molar-refractivity contribution in [1.82, 2.24) is 15.1 Å². The summed E-state index contributed by atoms with van der Waals surface area (Å²) in [5.74, 6) is 0. The van der Waals surface area contributed by atoms with Gasteiger partial charge in [-0.15, -0.1) is 0 Å². The van der Waals surface area contributed by atoms with Crippen LogP contribution in [-0.4, -0.2) is 28.5 Å². The predicted molar refractivity (Wildman–Crippen MR) is 77.1 cm³/mol. The van der Waals surface area contributed by atoms with Crippen molar-refractivity contribution in [2.24, 2.45) is 0 Å². The quantitative estimate of drug-likeness (QED) is 0.859. The van der Waals surface area contributed by atoms with E-state index in [0.29, 0.717) is 6.04 Å². The topological polar surface area (TPSA) is 39.1 Å². The maximum absolute atomic E-state index is 5.56. The number of aromatic nitrogens is 2. The normalized spacial score (nSPS) is 24.0. The Kier molecular flexibility index (Phi) is 4.99. The molecule has 2 heterocycles. The van der Waals surface area contributed by atoms with E-state index >= 15 is 0 Å². The number of ether oxygens (including phenoxy) is 1. The molecule has 1 aliphatic heterocycles. The zero-order valence-corrected chi connectivity index (χ0v) is 12.5. The highest BCUT2D eigenvalue weighted by Gasteiger charge is 2.26. The van der Waals surface area contributed by atoms with Gasteiger partial charge in [-0.1, -0.05) is 13.8 Å². The second-order valence-corrected chi connectivity index (χ2v) is 5.83. The molecule has 1 aliphatic rings. The summed E-state index contributed by atoms with van der Waals surface area (Å²) in [5, 5.41) is 8.28. The molecule has 19 heavy (non-hydrogen) atoms. The Balaban J connectivity index is 1.89. The number of nitrogens with one attached hydrogen (secondary N) is 1. The minimum absolute atomic E-state index is 0.108. The largest absolute Gasteiger partial charge is 0.380 e. The zero-order chi connectivity index (χ0) is 13.7. The van der Waals surface area contributed by atoms with E-state index in [0.717, 1.165) is 44.7 Å². The Morgan fingerprint density at radius 1 is 1.47 bits per heavy atom. The molecule has 1 atom stereocenters. The SMILES string of the molecule is CCC(CC)n1ccc(CNC2(C)CCCOC2)n1. The average molecular weight is 265 g/mol. The minimum Gasteiger partial charge on any atom is -0.380 e. The van der Waals surface area contributed by atoms with Crippen molar-refractivity contribution in [2.75, 3.05) is 13.2 Å². The van der Waals surface area contributed by atoms with Crippen molar-refractivity contribution < 1.29 is 4.74 Å². The van der Waals surface area contributed by atoms with Gasteiger partial charge in [-0.05, 0) is 38.7 Å². The van der Waals surface area contributed by atoms with E-state index in [1.807, 2.05) is 0 Å². The van der Waals surface area contributed by atoms with Gasteiger partial charge >= 0.3 is 0 Å². The third kappa shape index (κ3) is 3.80. The summed E-state index contributed by atoms with van der Waals surface area (Å²) < 4.78 is 7.67. The molecule has 4 nitrogen and oxygen atoms in total. The van der Waals surface area contributed by atoms with Crippen LogP contribution >= 0.6 is 0 Å². The van der Waals surface area contributed by atoms with Crippen LogP contribution in [0.1, 0.15) is 58.2 Å². The van der Waals surface area contributed by atoms with Crippen LogP contribution in [0, 0.1) is 0 Å². The Hall–Kier alpha value is -0.870. The Labute approximate surface area is 116 Å². The molecule has 0 aliphatic carbocycles. The minimum atomic E-state index is 0.108. The van der Waals surface area contributed by atoms with Gasteiger partial charge in [-0.25, -0.2) is 0 Å². The van der Waals surface area contributed by atoms with Gasteiger partial charge in [-0.3, -0.25) is 4.68 Å². The van der Waals surface area contributed by atoms with Crippen molar-refractivity contribution in [3.63, 3.8) is 0 Å². The third-order valence-corrected chi connectivity index (χ3v) is 4.11. The molecule has 1 saturated heterocycles. The monoisotopic (exact) mass is 265 g/mol. The van der Waals surface area contributed by atoms with Gasteiger partial charge in [0.2, 0.25) is 0 Å². The molecule has 108 valence electrons. The van der Waals surface area contributed by atoms with Crippen molar-refractivity contribution in [3.8, 4) is 0 Å². The second-order valence-electron chi connectivity index (χ2n) is 5.83. The second kappa shape index (κ2) is 6.53. The van der Waals surface area contributed by atoms with Gasteiger partial charge in [0.15, 0.2) is 0 Å². The summed E-state index contributed by atoms with van der Waals surface area (Å²) in [4.78, 5) is 0. The van der Waals surface area contributed by atoms with E-state index in [9.17, 15) is 0 Å². The number of nitrogens with zero attached hydrogens (tertiary/aromatic N) is 2. The summed E-state index contributed by atoms with van der Waals surface area (Å²) in [7, 11) is 0. The molecule has 0 spiro atoms. The van der Waals surface area contributed by atoms with Crippen molar-refractivity contribution in [2.45, 2.75) is 64.6 Å². The van der Waals surface area contributed by atoms with Gasteiger partial charge in [0, 0.05) is 24.9 Å². The fourth-order valence-electron chi connectivity index (χ4n) is 2.72. The van der Waals surface area contributed by atoms with Crippen LogP contribution in [0.25, 0.3) is 0 Å². The van der Waals surface area contributed by atoms with Gasteiger partial charge in [0.25, 0.3) is 0 Å². The molecule has 1 fully saturated rings. The van der Waals surface area contributed by atoms with Crippen molar-refractivity contribution in [1.29, 1.82) is 0 Å². The van der Waals surface area contributed by atoms with E-state index in [2.05, 4.69) is 48.1 Å². The van der Waals surface area contributed by atoms with Gasteiger partial charge in [0.1, 0.15) is 0 Å². The summed E-state index contributed by atoms with van der Waals surface area (Å²) in [6.07, 6.45) is 6.70. The standard InChI is InChI=1S/C15H27N3O/c1-4-14(5-2)18-9-7-13(17-18)11-16-15(3)8-6-10-19-12-15/h7,9,14,16H,4-6,8,10-12H2,1-3H3. The fraction of sp³-hybridized carbons (Fsp3) is 0.800. The molecule has 0 saturated carbocycles. The Morgan fingerprint density at radius 2 is 2.26 bits per heavy atom. The van der Waals surface area contributed by atoms with Crippen LogP contribution in [0.4, 0.5) is 0 Å². The third-order valence-electron chi connectivity index (χ3n) is 4.11. The first-order valence-corrected chi connectivity index (χ1v) is 7.53. The molecule has 1 unspecified atom stereocenters. The first kappa shape index (κ1) is 14.5. The predicted octanol–water partition coefficient (Wildman–Crippen LogP) is 2.90. The molecule has 1 N–H and O–H groups in total. The van der Waals surface area contributed by atoms with Crippen LogP contribution < -0.4 is 5.32 Å². The van der Waals surface area contributed by atoms with Gasteiger partial charge in [0.05, 0.1) is 18.3 Å². The van der Waals surface area contributed by atoms with Gasteiger partial charge < -0.3 is 10.1 Å². The molecule has 1 aromatic rings. The molecule has 0 bridgehead atoms. The van der Waals surface area contributed by atoms with E-state index in [-0.39, 0.29) is 5.54 Å². The molecule has 1 aromatic heterocycles. The molecular formula is C15H27N3O. The Morgan fingerprint density at radius 3 is 2.89 bits per heavy atom. The Bertz CT molecular complexity index is 378. The lowest BCUT2D eigenvalue weighted by Gasteiger charge is -2.34. The van der Waals surface area contributed by atoms with Crippen LogP contribution in [0.5, 0.6) is 0 Å². The average Bonchev–Trinajstić information content (AvgIpc) is 2.88. The maximum Gasteiger partial charge on any atom is 0.0762 e. The van der Waals surface area contributed by atoms with E-state index in [1.165, 1.54) is 6.42 Å². The van der Waals surface area contributed by atoms with Crippen LogP contribution in [-0.2, 0) is 11.3 Å². The fourth-order valence-corrected chi connectivity index (χ4v) is 2.72. The molecule has 4 heteroatoms. The molecule has 0 radical (unpaired) electrons. The molecule has 0 amide bonds. The first-order chi connectivity index (χ1) is 9.17. The van der Waals surface area contributed by atoms with Crippen molar-refractivity contribution in [3.05, 3.63) is 18.0 Å². The maximum atomic E-state index is 5.56. The highest BCUT2D eigenvalue weighted by molar-refractivity contribution is 5.01. The lowest BCUT2D eigenvalue weighted by molar-refractivity contribution is 0.0276. The van der Waals surface area contributed by atoms with Gasteiger partial charge in [-0.2, -0.15) is 5.10 Å². The van der Waals surface area contributed by atoms with Crippen LogP contribution in [0.15, 0.2) is 12.3 Å². The van der Waals surface area contributed by atoms with Crippen LogP contribution in [0.2, 0.25) is 0 Å². The summed E-state index contributed by atoms with van der Waals surface area (Å²) in [6.45, 7) is 9.21. The number of rotatable bonds is 6. The highest BCUT2D eigenvalue weighted by atomic mass is 16.5. The zero-order valence-electron chi connectivity index (χ0n) is 12.5. The smallest absolute Gasteiger partial charge is 0.0762 e. The highest BCUT2D eigenvalue weighted by Crippen LogP contribution is 2.19.